The van der Waals surface area contributed by atoms with Gasteiger partial charge in [-0.1, -0.05) is 0 Å². The zero-order chi connectivity index (χ0) is 23.9. The molecule has 3 aromatic rings. The lowest BCUT2D eigenvalue weighted by molar-refractivity contribution is -0.139. The Morgan fingerprint density at radius 1 is 1.15 bits per heavy atom. The molecule has 1 aliphatic heterocycles. The lowest BCUT2D eigenvalue weighted by Crippen LogP contribution is -2.50. The number of aromatic nitrogens is 3. The fourth-order valence-electron chi connectivity index (χ4n) is 3.75. The van der Waals surface area contributed by atoms with E-state index in [0.29, 0.717) is 11.8 Å². The Kier molecular flexibility index (Phi) is 5.73. The number of hydrogen-bond acceptors (Lipinski definition) is 4. The molecule has 4 rings (SSSR count). The van der Waals surface area contributed by atoms with E-state index in [1.165, 1.54) is 27.9 Å². The van der Waals surface area contributed by atoms with E-state index < -0.39 is 35.3 Å². The van der Waals surface area contributed by atoms with Crippen LogP contribution in [0.25, 0.3) is 5.69 Å². The number of aryl methyl sites for hydroxylation is 1. The number of hydrogen-bond donors (Lipinski definition) is 0. The third-order valence-corrected chi connectivity index (χ3v) is 5.45. The largest absolute Gasteiger partial charge is 0.491 e. The highest BCUT2D eigenvalue weighted by Crippen LogP contribution is 2.36. The number of alkyl halides is 3. The predicted octanol–water partition coefficient (Wildman–Crippen LogP) is 3.42. The van der Waals surface area contributed by atoms with Gasteiger partial charge in [-0.25, -0.2) is 9.37 Å². The molecule has 1 amide bonds. The summed E-state index contributed by atoms with van der Waals surface area (Å²) in [5.74, 6) is -1.98. The van der Waals surface area contributed by atoms with Crippen molar-refractivity contribution in [2.24, 2.45) is 0 Å². The third kappa shape index (κ3) is 4.35. The second kappa shape index (κ2) is 8.38. The summed E-state index contributed by atoms with van der Waals surface area (Å²) in [5, 5.41) is 0. The molecule has 1 unspecified atom stereocenters. The van der Waals surface area contributed by atoms with Gasteiger partial charge in [0.25, 0.3) is 11.5 Å². The van der Waals surface area contributed by atoms with Crippen molar-refractivity contribution in [2.45, 2.75) is 32.6 Å². The van der Waals surface area contributed by atoms with Crippen LogP contribution in [0.2, 0.25) is 0 Å². The molecule has 3 heterocycles. The number of ether oxygens (including phenoxy) is 1. The number of imidazole rings is 1. The van der Waals surface area contributed by atoms with Crippen LogP contribution in [0.3, 0.4) is 0 Å². The number of carbonyl (C=O) groups is 1. The Hall–Kier alpha value is -3.63. The van der Waals surface area contributed by atoms with Gasteiger partial charge in [0.15, 0.2) is 0 Å². The molecule has 0 radical (unpaired) electrons. The number of benzene rings is 1. The van der Waals surface area contributed by atoms with Crippen molar-refractivity contribution in [3.8, 4) is 11.4 Å². The smallest absolute Gasteiger partial charge is 0.420 e. The summed E-state index contributed by atoms with van der Waals surface area (Å²) >= 11 is 0. The monoisotopic (exact) mass is 464 g/mol. The molecule has 1 atom stereocenters. The minimum absolute atomic E-state index is 0.177. The number of nitrogens with zero attached hydrogens (tertiary/aromatic N) is 4. The number of rotatable bonds is 5. The van der Waals surface area contributed by atoms with Crippen LogP contribution in [0.15, 0.2) is 47.7 Å². The Balaban J connectivity index is 1.52. The predicted molar refractivity (Wildman–Crippen MR) is 110 cm³/mol. The number of amides is 1. The van der Waals surface area contributed by atoms with Crippen LogP contribution in [0.1, 0.15) is 28.7 Å². The van der Waals surface area contributed by atoms with Crippen molar-refractivity contribution in [1.29, 1.82) is 0 Å². The second-order valence-corrected chi connectivity index (χ2v) is 7.78. The highest BCUT2D eigenvalue weighted by molar-refractivity contribution is 5.93. The van der Waals surface area contributed by atoms with Crippen LogP contribution < -0.4 is 10.3 Å². The summed E-state index contributed by atoms with van der Waals surface area (Å²) in [5.41, 5.74) is -0.297. The molecule has 0 spiro atoms. The van der Waals surface area contributed by atoms with Crippen molar-refractivity contribution in [1.82, 2.24) is 19.0 Å². The van der Waals surface area contributed by atoms with Crippen molar-refractivity contribution in [3.05, 3.63) is 76.0 Å². The van der Waals surface area contributed by atoms with E-state index in [-0.39, 0.29) is 30.9 Å². The lowest BCUT2D eigenvalue weighted by Gasteiger charge is -2.34. The van der Waals surface area contributed by atoms with Gasteiger partial charge in [-0.3, -0.25) is 9.59 Å². The van der Waals surface area contributed by atoms with Gasteiger partial charge in [-0.05, 0) is 44.2 Å². The molecule has 0 fully saturated rings. The Morgan fingerprint density at radius 3 is 2.58 bits per heavy atom. The third-order valence-electron chi connectivity index (χ3n) is 5.45. The zero-order valence-electron chi connectivity index (χ0n) is 17.8. The van der Waals surface area contributed by atoms with Crippen LogP contribution >= 0.6 is 0 Å². The van der Waals surface area contributed by atoms with Gasteiger partial charge in [-0.2, -0.15) is 13.2 Å². The molecule has 0 saturated carbocycles. The number of pyridine rings is 1. The highest BCUT2D eigenvalue weighted by Gasteiger charge is 2.35. The van der Waals surface area contributed by atoms with Gasteiger partial charge in [0.1, 0.15) is 35.1 Å². The van der Waals surface area contributed by atoms with E-state index in [4.69, 9.17) is 4.74 Å². The first-order valence-corrected chi connectivity index (χ1v) is 10.1. The van der Waals surface area contributed by atoms with E-state index in [9.17, 15) is 27.2 Å². The van der Waals surface area contributed by atoms with Gasteiger partial charge in [0, 0.05) is 19.3 Å². The molecule has 174 valence electrons. The van der Waals surface area contributed by atoms with Gasteiger partial charge >= 0.3 is 6.18 Å². The topological polar surface area (TPSA) is 69.4 Å². The normalized spacial score (nSPS) is 14.8. The highest BCUT2D eigenvalue weighted by atomic mass is 19.4. The number of fused-ring (bicyclic) bond motifs is 1. The summed E-state index contributed by atoms with van der Waals surface area (Å²) in [7, 11) is 0. The van der Waals surface area contributed by atoms with Crippen molar-refractivity contribution >= 4 is 5.91 Å². The first kappa shape index (κ1) is 22.6. The molecule has 0 saturated heterocycles. The van der Waals surface area contributed by atoms with Crippen molar-refractivity contribution < 1.29 is 27.1 Å². The van der Waals surface area contributed by atoms with Crippen molar-refractivity contribution in [3.63, 3.8) is 0 Å². The first-order chi connectivity index (χ1) is 15.6. The molecule has 1 aliphatic rings. The van der Waals surface area contributed by atoms with Crippen LogP contribution in [0, 0.1) is 12.7 Å². The van der Waals surface area contributed by atoms with E-state index in [1.807, 2.05) is 0 Å². The zero-order valence-corrected chi connectivity index (χ0v) is 17.8. The van der Waals surface area contributed by atoms with E-state index >= 15 is 0 Å². The maximum Gasteiger partial charge on any atom is 0.420 e. The van der Waals surface area contributed by atoms with Gasteiger partial charge in [0.05, 0.1) is 18.1 Å². The van der Waals surface area contributed by atoms with Crippen LogP contribution in [-0.2, 0) is 12.7 Å². The van der Waals surface area contributed by atoms with Gasteiger partial charge in [0.2, 0.25) is 0 Å². The quantitative estimate of drug-likeness (QED) is 0.543. The fourth-order valence-corrected chi connectivity index (χ4v) is 3.75. The molecule has 11 heteroatoms. The molecular weight excluding hydrogens is 444 g/mol. The Bertz CT molecular complexity index is 1270. The maximum absolute atomic E-state index is 13.3. The summed E-state index contributed by atoms with van der Waals surface area (Å²) in [6.45, 7) is 3.58. The van der Waals surface area contributed by atoms with Gasteiger partial charge in [-0.15, -0.1) is 0 Å². The molecule has 0 aliphatic carbocycles. The maximum atomic E-state index is 13.3. The average Bonchev–Trinajstić information content (AvgIpc) is 3.18. The van der Waals surface area contributed by atoms with Crippen LogP contribution in [-0.4, -0.2) is 44.1 Å². The molecular formula is C22H20F4N4O3. The van der Waals surface area contributed by atoms with Crippen molar-refractivity contribution in [2.75, 3.05) is 13.2 Å². The lowest BCUT2D eigenvalue weighted by atomic mass is 10.1. The van der Waals surface area contributed by atoms with Gasteiger partial charge < -0.3 is 18.8 Å². The molecule has 0 bridgehead atoms. The Labute approximate surface area is 185 Å². The fraction of sp³-hybridized carbons (Fsp3) is 0.318. The Morgan fingerprint density at radius 2 is 1.91 bits per heavy atom. The summed E-state index contributed by atoms with van der Waals surface area (Å²) in [6.07, 6.45) is -1.57. The number of halogens is 4. The summed E-state index contributed by atoms with van der Waals surface area (Å²) in [6, 6.07) is 4.64. The second-order valence-electron chi connectivity index (χ2n) is 7.78. The molecule has 0 N–H and O–H groups in total. The minimum atomic E-state index is -4.78. The first-order valence-electron chi connectivity index (χ1n) is 10.1. The van der Waals surface area contributed by atoms with E-state index in [2.05, 4.69) is 4.98 Å². The molecule has 1 aromatic carbocycles. The molecule has 7 nitrogen and oxygen atoms in total. The summed E-state index contributed by atoms with van der Waals surface area (Å²) < 4.78 is 61.1. The summed E-state index contributed by atoms with van der Waals surface area (Å²) in [4.78, 5) is 31.4. The SMILES string of the molecule is Cc1cn(-c2ccc3n(c2=O)CCN(C(C)COc2ccc(F)cc2C(F)(F)F)C3=O)cn1. The number of carbonyl (C=O) groups excluding carboxylic acids is 1. The van der Waals surface area contributed by atoms with Crippen LogP contribution in [0.5, 0.6) is 5.75 Å². The van der Waals surface area contributed by atoms with E-state index in [0.717, 1.165) is 17.8 Å². The molecule has 2 aromatic heterocycles. The van der Waals surface area contributed by atoms with E-state index in [1.54, 1.807) is 24.6 Å². The average molecular weight is 464 g/mol. The molecule has 33 heavy (non-hydrogen) atoms. The standard InChI is InChI=1S/C22H20F4N4O3/c1-13-10-28(12-27-13)17-4-5-18-21(32)29(7-8-30(18)20(17)31)14(2)11-33-19-6-3-15(23)9-16(19)22(24,25)26/h3-6,9-10,12,14H,7-8,11H2,1-2H3. The van der Waals surface area contributed by atoms with Crippen LogP contribution in [0.4, 0.5) is 17.6 Å². The minimum Gasteiger partial charge on any atom is -0.491 e.